The average Bonchev–Trinajstić information content (AvgIpc) is 2.41. The number of likely N-dealkylation sites (N-methyl/N-ethyl adjacent to an activating group) is 1. The molecule has 4 heteroatoms. The van der Waals surface area contributed by atoms with Gasteiger partial charge in [-0.3, -0.25) is 4.98 Å². The first kappa shape index (κ1) is 14.0. The number of pyridine rings is 1. The molecule has 1 unspecified atom stereocenters. The summed E-state index contributed by atoms with van der Waals surface area (Å²) in [4.78, 5) is 4.14. The third-order valence-electron chi connectivity index (χ3n) is 3.31. The summed E-state index contributed by atoms with van der Waals surface area (Å²) in [5, 5.41) is 3.34. The van der Waals surface area contributed by atoms with Crippen LogP contribution < -0.4 is 11.1 Å². The van der Waals surface area contributed by atoms with Crippen molar-refractivity contribution in [3.05, 3.63) is 57.8 Å². The number of hydrogen-bond donors (Lipinski definition) is 2. The van der Waals surface area contributed by atoms with Crippen molar-refractivity contribution in [3.8, 4) is 0 Å². The Bertz CT molecular complexity index is 569. The molecule has 0 aliphatic heterocycles. The minimum atomic E-state index is 0.225. The SMILES string of the molecule is CNC(Cc1cnccc1N)c1ccc(C)c(Br)c1. The van der Waals surface area contributed by atoms with E-state index in [1.54, 1.807) is 6.20 Å². The molecule has 2 aromatic rings. The summed E-state index contributed by atoms with van der Waals surface area (Å²) in [7, 11) is 1.96. The maximum Gasteiger partial charge on any atom is 0.0378 e. The van der Waals surface area contributed by atoms with Gasteiger partial charge in [0.2, 0.25) is 0 Å². The summed E-state index contributed by atoms with van der Waals surface area (Å²) in [5.41, 5.74) is 10.3. The van der Waals surface area contributed by atoms with Gasteiger partial charge < -0.3 is 11.1 Å². The first-order valence-corrected chi connectivity index (χ1v) is 7.02. The van der Waals surface area contributed by atoms with Crippen LogP contribution in [0.5, 0.6) is 0 Å². The van der Waals surface area contributed by atoms with Crippen LogP contribution in [0, 0.1) is 6.92 Å². The molecule has 1 aromatic carbocycles. The van der Waals surface area contributed by atoms with E-state index in [2.05, 4.69) is 51.4 Å². The highest BCUT2D eigenvalue weighted by molar-refractivity contribution is 9.10. The molecule has 0 saturated carbocycles. The van der Waals surface area contributed by atoms with Crippen molar-refractivity contribution in [2.45, 2.75) is 19.4 Å². The van der Waals surface area contributed by atoms with Gasteiger partial charge in [-0.25, -0.2) is 0 Å². The molecular weight excluding hydrogens is 302 g/mol. The number of anilines is 1. The summed E-state index contributed by atoms with van der Waals surface area (Å²) >= 11 is 3.58. The summed E-state index contributed by atoms with van der Waals surface area (Å²) < 4.78 is 1.13. The quantitative estimate of drug-likeness (QED) is 0.909. The van der Waals surface area contributed by atoms with Crippen LogP contribution >= 0.6 is 15.9 Å². The van der Waals surface area contributed by atoms with E-state index in [9.17, 15) is 0 Å². The fraction of sp³-hybridized carbons (Fsp3) is 0.267. The molecule has 0 aliphatic carbocycles. The Labute approximate surface area is 122 Å². The molecule has 3 N–H and O–H groups in total. The van der Waals surface area contributed by atoms with Crippen molar-refractivity contribution < 1.29 is 0 Å². The highest BCUT2D eigenvalue weighted by Gasteiger charge is 2.12. The molecular formula is C15H18BrN3. The van der Waals surface area contributed by atoms with E-state index in [0.29, 0.717) is 0 Å². The zero-order valence-electron chi connectivity index (χ0n) is 11.2. The van der Waals surface area contributed by atoms with Crippen molar-refractivity contribution >= 4 is 21.6 Å². The van der Waals surface area contributed by atoms with Gasteiger partial charge in [0, 0.05) is 28.6 Å². The first-order valence-electron chi connectivity index (χ1n) is 6.23. The zero-order valence-corrected chi connectivity index (χ0v) is 12.7. The standard InChI is InChI=1S/C15H18BrN3/c1-10-3-4-11(7-13(10)16)15(18-2)8-12-9-19-6-5-14(12)17/h3-7,9,15,18H,8H2,1-2H3,(H2,17,19). The predicted molar refractivity (Wildman–Crippen MR) is 83.0 cm³/mol. The number of benzene rings is 1. The lowest BCUT2D eigenvalue weighted by Crippen LogP contribution is -2.19. The van der Waals surface area contributed by atoms with Gasteiger partial charge in [-0.05, 0) is 49.2 Å². The fourth-order valence-electron chi connectivity index (χ4n) is 2.04. The number of nitrogens with two attached hydrogens (primary N) is 1. The Morgan fingerprint density at radius 1 is 1.37 bits per heavy atom. The third-order valence-corrected chi connectivity index (χ3v) is 4.17. The van der Waals surface area contributed by atoms with Crippen LogP contribution in [0.15, 0.2) is 41.1 Å². The summed E-state index contributed by atoms with van der Waals surface area (Å²) in [6.07, 6.45) is 4.38. The largest absolute Gasteiger partial charge is 0.398 e. The topological polar surface area (TPSA) is 50.9 Å². The van der Waals surface area contributed by atoms with Crippen LogP contribution in [-0.2, 0) is 6.42 Å². The molecule has 19 heavy (non-hydrogen) atoms. The number of aromatic nitrogens is 1. The van der Waals surface area contributed by atoms with Gasteiger partial charge in [0.1, 0.15) is 0 Å². The van der Waals surface area contributed by atoms with Gasteiger partial charge in [0.05, 0.1) is 0 Å². The Morgan fingerprint density at radius 3 is 2.79 bits per heavy atom. The van der Waals surface area contributed by atoms with E-state index < -0.39 is 0 Å². The Morgan fingerprint density at radius 2 is 2.16 bits per heavy atom. The Balaban J connectivity index is 2.25. The highest BCUT2D eigenvalue weighted by atomic mass is 79.9. The summed E-state index contributed by atoms with van der Waals surface area (Å²) in [6, 6.07) is 8.49. The van der Waals surface area contributed by atoms with E-state index in [1.165, 1.54) is 11.1 Å². The molecule has 0 amide bonds. The second kappa shape index (κ2) is 6.17. The summed E-state index contributed by atoms with van der Waals surface area (Å²) in [6.45, 7) is 2.08. The van der Waals surface area contributed by atoms with E-state index in [-0.39, 0.29) is 6.04 Å². The van der Waals surface area contributed by atoms with Gasteiger partial charge in [-0.15, -0.1) is 0 Å². The van der Waals surface area contributed by atoms with Crippen LogP contribution in [0.4, 0.5) is 5.69 Å². The van der Waals surface area contributed by atoms with E-state index in [4.69, 9.17) is 5.73 Å². The van der Waals surface area contributed by atoms with Gasteiger partial charge in [0.15, 0.2) is 0 Å². The molecule has 0 aliphatic rings. The molecule has 2 rings (SSSR count). The van der Waals surface area contributed by atoms with Crippen molar-refractivity contribution in [2.24, 2.45) is 0 Å². The second-order valence-corrected chi connectivity index (χ2v) is 5.48. The highest BCUT2D eigenvalue weighted by Crippen LogP contribution is 2.25. The number of aryl methyl sites for hydroxylation is 1. The van der Waals surface area contributed by atoms with Crippen LogP contribution in [-0.4, -0.2) is 12.0 Å². The van der Waals surface area contributed by atoms with Crippen LogP contribution in [0.1, 0.15) is 22.7 Å². The molecule has 0 bridgehead atoms. The minimum Gasteiger partial charge on any atom is -0.398 e. The number of hydrogen-bond acceptors (Lipinski definition) is 3. The number of rotatable bonds is 4. The third kappa shape index (κ3) is 3.33. The van der Waals surface area contributed by atoms with Crippen LogP contribution in [0.3, 0.4) is 0 Å². The van der Waals surface area contributed by atoms with Gasteiger partial charge in [0.25, 0.3) is 0 Å². The van der Waals surface area contributed by atoms with Crippen molar-refractivity contribution in [3.63, 3.8) is 0 Å². The maximum atomic E-state index is 5.98. The molecule has 1 atom stereocenters. The van der Waals surface area contributed by atoms with Gasteiger partial charge in [-0.2, -0.15) is 0 Å². The smallest absolute Gasteiger partial charge is 0.0378 e. The van der Waals surface area contributed by atoms with Crippen molar-refractivity contribution in [1.82, 2.24) is 10.3 Å². The monoisotopic (exact) mass is 319 g/mol. The molecule has 1 aromatic heterocycles. The number of nitrogens with zero attached hydrogens (tertiary/aromatic N) is 1. The van der Waals surface area contributed by atoms with Crippen molar-refractivity contribution in [2.75, 3.05) is 12.8 Å². The minimum absolute atomic E-state index is 0.225. The van der Waals surface area contributed by atoms with Crippen LogP contribution in [0.2, 0.25) is 0 Å². The predicted octanol–water partition coefficient (Wildman–Crippen LogP) is 3.24. The van der Waals surface area contributed by atoms with Crippen molar-refractivity contribution in [1.29, 1.82) is 0 Å². The lowest BCUT2D eigenvalue weighted by molar-refractivity contribution is 0.591. The van der Waals surface area contributed by atoms with E-state index in [0.717, 1.165) is 22.1 Å². The maximum absolute atomic E-state index is 5.98. The zero-order chi connectivity index (χ0) is 13.8. The lowest BCUT2D eigenvalue weighted by atomic mass is 9.98. The molecule has 0 fully saturated rings. The normalized spacial score (nSPS) is 12.4. The Hall–Kier alpha value is -1.39. The Kier molecular flexibility index (Phi) is 4.56. The molecule has 3 nitrogen and oxygen atoms in total. The second-order valence-electron chi connectivity index (χ2n) is 4.63. The molecule has 0 saturated heterocycles. The number of halogens is 1. The first-order chi connectivity index (χ1) is 9.11. The van der Waals surface area contributed by atoms with E-state index >= 15 is 0 Å². The molecule has 100 valence electrons. The molecule has 1 heterocycles. The van der Waals surface area contributed by atoms with Gasteiger partial charge >= 0.3 is 0 Å². The lowest BCUT2D eigenvalue weighted by Gasteiger charge is -2.18. The van der Waals surface area contributed by atoms with Gasteiger partial charge in [-0.1, -0.05) is 28.1 Å². The van der Waals surface area contributed by atoms with Crippen LogP contribution in [0.25, 0.3) is 0 Å². The number of nitrogens with one attached hydrogen (secondary N) is 1. The number of nitrogen functional groups attached to an aromatic ring is 1. The average molecular weight is 320 g/mol. The van der Waals surface area contributed by atoms with E-state index in [1.807, 2.05) is 19.3 Å². The molecule has 0 spiro atoms. The fourth-order valence-corrected chi connectivity index (χ4v) is 2.44. The summed E-state index contributed by atoms with van der Waals surface area (Å²) in [5.74, 6) is 0. The molecule has 0 radical (unpaired) electrons.